The lowest BCUT2D eigenvalue weighted by Crippen LogP contribution is -2.26. The number of carbonyl (C=O) groups is 1. The topological polar surface area (TPSA) is 56.6 Å². The molecule has 0 aliphatic carbocycles. The molecule has 2 fully saturated rings. The number of rotatable bonds is 3. The number of hydrogen-bond acceptors (Lipinski definition) is 4. The second-order valence-corrected chi connectivity index (χ2v) is 8.65. The van der Waals surface area contributed by atoms with Gasteiger partial charge in [0.05, 0.1) is 24.2 Å². The Morgan fingerprint density at radius 1 is 1.22 bits per heavy atom. The minimum Gasteiger partial charge on any atom is -0.381 e. The Hall–Kier alpha value is -1.92. The van der Waals surface area contributed by atoms with E-state index in [1.807, 2.05) is 18.2 Å². The molecule has 1 amide bonds. The van der Waals surface area contributed by atoms with Gasteiger partial charge in [0.15, 0.2) is 0 Å². The summed E-state index contributed by atoms with van der Waals surface area (Å²) in [7, 11) is 0. The average molecular weight is 371 g/mol. The quantitative estimate of drug-likeness (QED) is 0.828. The molecular formula is C21H29N3O3. The zero-order valence-electron chi connectivity index (χ0n) is 16.5. The van der Waals surface area contributed by atoms with Crippen LogP contribution < -0.4 is 0 Å². The molecule has 2 aliphatic heterocycles. The monoisotopic (exact) mass is 371 g/mol. The Bertz CT molecular complexity index is 825. The summed E-state index contributed by atoms with van der Waals surface area (Å²) in [5, 5.41) is 1.46. The molecule has 0 spiro atoms. The maximum Gasteiger partial charge on any atom is 0.277 e. The summed E-state index contributed by atoms with van der Waals surface area (Å²) in [6.07, 6.45) is 3.07. The highest BCUT2D eigenvalue weighted by atomic mass is 16.7. The maximum atomic E-state index is 12.6. The molecule has 3 heterocycles. The van der Waals surface area contributed by atoms with Gasteiger partial charge in [-0.25, -0.2) is 10.0 Å². The molecule has 0 unspecified atom stereocenters. The Labute approximate surface area is 160 Å². The van der Waals surface area contributed by atoms with Crippen molar-refractivity contribution >= 4 is 16.9 Å². The van der Waals surface area contributed by atoms with Crippen molar-refractivity contribution < 1.29 is 14.4 Å². The van der Waals surface area contributed by atoms with Crippen molar-refractivity contribution in [3.05, 3.63) is 29.6 Å². The highest BCUT2D eigenvalue weighted by molar-refractivity contribution is 5.97. The fourth-order valence-corrected chi connectivity index (χ4v) is 3.96. The summed E-state index contributed by atoms with van der Waals surface area (Å²) in [5.41, 5.74) is 2.56. The molecule has 1 aromatic carbocycles. The van der Waals surface area contributed by atoms with Gasteiger partial charge in [0, 0.05) is 30.7 Å². The van der Waals surface area contributed by atoms with E-state index in [2.05, 4.69) is 25.3 Å². The first kappa shape index (κ1) is 18.4. The van der Waals surface area contributed by atoms with Crippen LogP contribution in [0.25, 0.3) is 11.0 Å². The Morgan fingerprint density at radius 2 is 2.00 bits per heavy atom. The lowest BCUT2D eigenvalue weighted by Gasteiger charge is -2.26. The van der Waals surface area contributed by atoms with Crippen molar-refractivity contribution in [1.82, 2.24) is 14.6 Å². The van der Waals surface area contributed by atoms with Gasteiger partial charge >= 0.3 is 0 Å². The summed E-state index contributed by atoms with van der Waals surface area (Å²) < 4.78 is 7.87. The second kappa shape index (κ2) is 7.24. The molecule has 2 aliphatic rings. The summed E-state index contributed by atoms with van der Waals surface area (Å²) in [5.74, 6) is 1.60. The first-order chi connectivity index (χ1) is 12.9. The number of carbonyl (C=O) groups excluding carboxylic acids is 1. The molecule has 1 aromatic heterocycles. The van der Waals surface area contributed by atoms with Crippen molar-refractivity contribution in [2.75, 3.05) is 26.4 Å². The summed E-state index contributed by atoms with van der Waals surface area (Å²) in [6, 6.07) is 5.86. The molecule has 0 bridgehead atoms. The molecule has 0 radical (unpaired) electrons. The Kier molecular flexibility index (Phi) is 4.95. The SMILES string of the molecule is CC(C)(C)c1nc2cc(C(=O)N3CCCO3)ccc2n1CC1CCOCC1. The van der Waals surface area contributed by atoms with Gasteiger partial charge in [0.1, 0.15) is 5.82 Å². The molecule has 0 saturated carbocycles. The predicted molar refractivity (Wildman–Crippen MR) is 104 cm³/mol. The minimum absolute atomic E-state index is 0.0631. The third-order valence-corrected chi connectivity index (χ3v) is 5.43. The van der Waals surface area contributed by atoms with Gasteiger partial charge in [-0.15, -0.1) is 0 Å². The Balaban J connectivity index is 1.70. The Morgan fingerprint density at radius 3 is 2.67 bits per heavy atom. The van der Waals surface area contributed by atoms with E-state index in [0.717, 1.165) is 55.9 Å². The van der Waals surface area contributed by atoms with Gasteiger partial charge in [0.25, 0.3) is 5.91 Å². The van der Waals surface area contributed by atoms with Crippen molar-refractivity contribution in [2.45, 2.75) is 52.0 Å². The second-order valence-electron chi connectivity index (χ2n) is 8.65. The molecule has 146 valence electrons. The van der Waals surface area contributed by atoms with Gasteiger partial charge < -0.3 is 9.30 Å². The van der Waals surface area contributed by atoms with Crippen molar-refractivity contribution in [3.63, 3.8) is 0 Å². The number of nitrogens with zero attached hydrogens (tertiary/aromatic N) is 3. The van der Waals surface area contributed by atoms with Crippen LogP contribution in [0.4, 0.5) is 0 Å². The summed E-state index contributed by atoms with van der Waals surface area (Å²) in [6.45, 7) is 10.5. The third-order valence-electron chi connectivity index (χ3n) is 5.43. The minimum atomic E-state index is -0.0781. The van der Waals surface area contributed by atoms with Crippen LogP contribution >= 0.6 is 0 Å². The lowest BCUT2D eigenvalue weighted by molar-refractivity contribution is -0.0768. The van der Waals surface area contributed by atoms with Gasteiger partial charge in [0.2, 0.25) is 0 Å². The molecule has 6 heteroatoms. The first-order valence-electron chi connectivity index (χ1n) is 9.97. The summed E-state index contributed by atoms with van der Waals surface area (Å²) >= 11 is 0. The normalized spacial score (nSPS) is 19.1. The van der Waals surface area contributed by atoms with Crippen LogP contribution in [0.5, 0.6) is 0 Å². The van der Waals surface area contributed by atoms with E-state index in [0.29, 0.717) is 24.6 Å². The first-order valence-corrected chi connectivity index (χ1v) is 9.97. The largest absolute Gasteiger partial charge is 0.381 e. The summed E-state index contributed by atoms with van der Waals surface area (Å²) in [4.78, 5) is 23.0. The number of fused-ring (bicyclic) bond motifs is 1. The van der Waals surface area contributed by atoms with E-state index in [1.54, 1.807) is 0 Å². The number of imidazole rings is 1. The van der Waals surface area contributed by atoms with E-state index in [1.165, 1.54) is 5.06 Å². The zero-order chi connectivity index (χ0) is 19.0. The van der Waals surface area contributed by atoms with Crippen LogP contribution in [0.1, 0.15) is 56.2 Å². The van der Waals surface area contributed by atoms with E-state index in [4.69, 9.17) is 14.6 Å². The number of benzene rings is 1. The average Bonchev–Trinajstić information content (AvgIpc) is 3.30. The number of amides is 1. The number of hydroxylamine groups is 2. The predicted octanol–water partition coefficient (Wildman–Crippen LogP) is 3.54. The van der Waals surface area contributed by atoms with Crippen molar-refractivity contribution in [3.8, 4) is 0 Å². The number of ether oxygens (including phenoxy) is 1. The van der Waals surface area contributed by atoms with Crippen LogP contribution in [-0.2, 0) is 21.5 Å². The molecular weight excluding hydrogens is 342 g/mol. The fourth-order valence-electron chi connectivity index (χ4n) is 3.96. The standard InChI is InChI=1S/C21H29N3O3/c1-21(2,3)20-22-17-13-16(19(25)24-9-4-10-27-24)5-6-18(17)23(20)14-15-7-11-26-12-8-15/h5-6,13,15H,4,7-12,14H2,1-3H3. The molecule has 4 rings (SSSR count). The van der Waals surface area contributed by atoms with Crippen LogP contribution in [0, 0.1) is 5.92 Å². The van der Waals surface area contributed by atoms with E-state index in [-0.39, 0.29) is 11.3 Å². The zero-order valence-corrected chi connectivity index (χ0v) is 16.5. The van der Waals surface area contributed by atoms with Gasteiger partial charge in [-0.2, -0.15) is 0 Å². The molecule has 2 aromatic rings. The van der Waals surface area contributed by atoms with E-state index in [9.17, 15) is 4.79 Å². The number of hydrogen-bond donors (Lipinski definition) is 0. The van der Waals surface area contributed by atoms with E-state index < -0.39 is 0 Å². The van der Waals surface area contributed by atoms with Crippen LogP contribution in [0.15, 0.2) is 18.2 Å². The van der Waals surface area contributed by atoms with Gasteiger partial charge in [-0.1, -0.05) is 20.8 Å². The highest BCUT2D eigenvalue weighted by Gasteiger charge is 2.27. The highest BCUT2D eigenvalue weighted by Crippen LogP contribution is 2.30. The molecule has 6 nitrogen and oxygen atoms in total. The maximum absolute atomic E-state index is 12.6. The smallest absolute Gasteiger partial charge is 0.277 e. The van der Waals surface area contributed by atoms with Crippen molar-refractivity contribution in [1.29, 1.82) is 0 Å². The molecule has 0 atom stereocenters. The van der Waals surface area contributed by atoms with Gasteiger partial charge in [-0.05, 0) is 43.4 Å². The van der Waals surface area contributed by atoms with Crippen molar-refractivity contribution in [2.24, 2.45) is 5.92 Å². The fraction of sp³-hybridized carbons (Fsp3) is 0.619. The molecule has 0 N–H and O–H groups in total. The van der Waals surface area contributed by atoms with E-state index >= 15 is 0 Å². The third kappa shape index (κ3) is 3.73. The number of aromatic nitrogens is 2. The van der Waals surface area contributed by atoms with Crippen LogP contribution in [0.3, 0.4) is 0 Å². The van der Waals surface area contributed by atoms with Gasteiger partial charge in [-0.3, -0.25) is 9.63 Å². The molecule has 2 saturated heterocycles. The van der Waals surface area contributed by atoms with Crippen LogP contribution in [0.2, 0.25) is 0 Å². The lowest BCUT2D eigenvalue weighted by atomic mass is 9.94. The van der Waals surface area contributed by atoms with Crippen LogP contribution in [-0.4, -0.2) is 46.9 Å². The molecule has 27 heavy (non-hydrogen) atoms.